The molecule has 0 aromatic carbocycles. The molecule has 0 radical (unpaired) electrons. The highest BCUT2D eigenvalue weighted by Crippen LogP contribution is 2.19. The Morgan fingerprint density at radius 2 is 2.29 bits per heavy atom. The number of hydrogen-bond acceptors (Lipinski definition) is 4. The van der Waals surface area contributed by atoms with Crippen molar-refractivity contribution in [2.75, 3.05) is 26.2 Å². The van der Waals surface area contributed by atoms with E-state index in [2.05, 4.69) is 34.5 Å². The number of rotatable bonds is 6. The van der Waals surface area contributed by atoms with E-state index in [-0.39, 0.29) is 12.6 Å². The fourth-order valence-corrected chi connectivity index (χ4v) is 3.11. The number of aromatic nitrogens is 2. The number of aliphatic hydroxyl groups is 1. The van der Waals surface area contributed by atoms with Crippen molar-refractivity contribution < 1.29 is 9.90 Å². The molecule has 2 amide bonds. The van der Waals surface area contributed by atoms with E-state index in [1.165, 1.54) is 12.8 Å². The van der Waals surface area contributed by atoms with Crippen molar-refractivity contribution in [3.05, 3.63) is 18.0 Å². The summed E-state index contributed by atoms with van der Waals surface area (Å²) in [7, 11) is 1.79. The molecule has 3 N–H and O–H groups in total. The van der Waals surface area contributed by atoms with Gasteiger partial charge in [-0.3, -0.25) is 9.58 Å². The smallest absolute Gasteiger partial charge is 0.314 e. The number of piperidine rings is 1. The van der Waals surface area contributed by atoms with Crippen molar-refractivity contribution in [1.29, 1.82) is 0 Å². The molecule has 1 saturated heterocycles. The van der Waals surface area contributed by atoms with E-state index in [0.29, 0.717) is 18.2 Å². The molecule has 24 heavy (non-hydrogen) atoms. The first-order valence-electron chi connectivity index (χ1n) is 8.75. The van der Waals surface area contributed by atoms with Crippen LogP contribution in [-0.2, 0) is 12.6 Å². The lowest BCUT2D eigenvalue weighted by molar-refractivity contribution is 0.0591. The van der Waals surface area contributed by atoms with Crippen molar-refractivity contribution >= 4 is 6.03 Å². The van der Waals surface area contributed by atoms with E-state index < -0.39 is 5.60 Å². The quantitative estimate of drug-likeness (QED) is 0.724. The van der Waals surface area contributed by atoms with Crippen LogP contribution in [0.1, 0.15) is 39.2 Å². The molecule has 2 rings (SSSR count). The van der Waals surface area contributed by atoms with Gasteiger partial charge in [-0.15, -0.1) is 0 Å². The van der Waals surface area contributed by atoms with Gasteiger partial charge < -0.3 is 15.7 Å². The summed E-state index contributed by atoms with van der Waals surface area (Å²) in [6.45, 7) is 9.03. The van der Waals surface area contributed by atoms with Gasteiger partial charge in [0, 0.05) is 37.9 Å². The molecule has 7 heteroatoms. The van der Waals surface area contributed by atoms with E-state index >= 15 is 0 Å². The lowest BCUT2D eigenvalue weighted by Gasteiger charge is -2.35. The summed E-state index contributed by atoms with van der Waals surface area (Å²) in [4.78, 5) is 14.4. The van der Waals surface area contributed by atoms with Gasteiger partial charge in [0.15, 0.2) is 0 Å². The van der Waals surface area contributed by atoms with Crippen LogP contribution in [0.3, 0.4) is 0 Å². The second-order valence-corrected chi connectivity index (χ2v) is 7.33. The molecule has 7 nitrogen and oxygen atoms in total. The summed E-state index contributed by atoms with van der Waals surface area (Å²) in [5.74, 6) is 0.726. The minimum absolute atomic E-state index is 0.139. The van der Waals surface area contributed by atoms with E-state index in [0.717, 1.165) is 19.0 Å². The molecule has 1 aromatic heterocycles. The van der Waals surface area contributed by atoms with Crippen LogP contribution in [0.5, 0.6) is 0 Å². The normalized spacial score (nSPS) is 22.6. The largest absolute Gasteiger partial charge is 0.383 e. The molecular formula is C17H31N5O2. The molecule has 2 heterocycles. The average molecular weight is 337 g/mol. The molecule has 0 aliphatic carbocycles. The molecule has 3 unspecified atom stereocenters. The predicted molar refractivity (Wildman–Crippen MR) is 93.6 cm³/mol. The zero-order chi connectivity index (χ0) is 17.7. The molecule has 0 spiro atoms. The molecule has 136 valence electrons. The summed E-state index contributed by atoms with van der Waals surface area (Å²) in [5, 5.41) is 20.1. The van der Waals surface area contributed by atoms with Crippen molar-refractivity contribution in [2.45, 2.75) is 45.3 Å². The lowest BCUT2D eigenvalue weighted by atomic mass is 9.99. The Kier molecular flexibility index (Phi) is 6.23. The predicted octanol–water partition coefficient (Wildman–Crippen LogP) is 1.05. The van der Waals surface area contributed by atoms with Crippen LogP contribution in [0.25, 0.3) is 0 Å². The van der Waals surface area contributed by atoms with Crippen molar-refractivity contribution in [3.63, 3.8) is 0 Å². The molecule has 1 fully saturated rings. The van der Waals surface area contributed by atoms with Crippen LogP contribution in [0.4, 0.5) is 4.79 Å². The molecule has 0 bridgehead atoms. The zero-order valence-corrected chi connectivity index (χ0v) is 15.2. The van der Waals surface area contributed by atoms with Gasteiger partial charge in [-0.25, -0.2) is 4.79 Å². The second-order valence-electron chi connectivity index (χ2n) is 7.33. The Bertz CT molecular complexity index is 543. The Morgan fingerprint density at radius 1 is 1.54 bits per heavy atom. The number of hydrogen-bond donors (Lipinski definition) is 3. The highest BCUT2D eigenvalue weighted by atomic mass is 16.3. The monoisotopic (exact) mass is 337 g/mol. The molecule has 1 aliphatic heterocycles. The summed E-state index contributed by atoms with van der Waals surface area (Å²) in [6.07, 6.45) is 5.88. The van der Waals surface area contributed by atoms with Gasteiger partial charge in [0.1, 0.15) is 5.60 Å². The minimum Gasteiger partial charge on any atom is -0.383 e. The summed E-state index contributed by atoms with van der Waals surface area (Å²) in [5.41, 5.74) is -0.458. The van der Waals surface area contributed by atoms with Gasteiger partial charge in [-0.1, -0.05) is 6.92 Å². The third kappa shape index (κ3) is 5.21. The van der Waals surface area contributed by atoms with Crippen LogP contribution in [0.2, 0.25) is 0 Å². The summed E-state index contributed by atoms with van der Waals surface area (Å²) >= 11 is 0. The molecule has 3 atom stereocenters. The maximum Gasteiger partial charge on any atom is 0.314 e. The molecular weight excluding hydrogens is 306 g/mol. The molecule has 0 saturated carbocycles. The first-order valence-corrected chi connectivity index (χ1v) is 8.75. The van der Waals surface area contributed by atoms with Crippen LogP contribution in [-0.4, -0.2) is 58.0 Å². The Balaban J connectivity index is 1.73. The van der Waals surface area contributed by atoms with E-state index in [4.69, 9.17) is 0 Å². The number of aryl methyl sites for hydroxylation is 1. The zero-order valence-electron chi connectivity index (χ0n) is 15.2. The van der Waals surface area contributed by atoms with Gasteiger partial charge >= 0.3 is 6.03 Å². The lowest BCUT2D eigenvalue weighted by Crippen LogP contribution is -2.49. The van der Waals surface area contributed by atoms with Crippen LogP contribution >= 0.6 is 0 Å². The van der Waals surface area contributed by atoms with Crippen molar-refractivity contribution in [1.82, 2.24) is 25.3 Å². The highest BCUT2D eigenvalue weighted by Gasteiger charge is 2.26. The Morgan fingerprint density at radius 3 is 2.92 bits per heavy atom. The molecule has 1 aliphatic rings. The fraction of sp³-hybridized carbons (Fsp3) is 0.765. The van der Waals surface area contributed by atoms with Gasteiger partial charge in [0.25, 0.3) is 0 Å². The van der Waals surface area contributed by atoms with Gasteiger partial charge in [-0.05, 0) is 39.2 Å². The van der Waals surface area contributed by atoms with Crippen molar-refractivity contribution in [3.8, 4) is 0 Å². The van der Waals surface area contributed by atoms with Crippen LogP contribution in [0.15, 0.2) is 12.4 Å². The number of likely N-dealkylation sites (tertiary alicyclic amines) is 1. The number of carbonyl (C=O) groups is 1. The van der Waals surface area contributed by atoms with Gasteiger partial charge in [0.05, 0.1) is 12.7 Å². The summed E-state index contributed by atoms with van der Waals surface area (Å²) < 4.78 is 1.63. The minimum atomic E-state index is -1.14. The SMILES string of the molecule is CC1CCCN(C(C)CNC(=O)NCC(C)(O)c2cnn(C)c2)C1. The maximum absolute atomic E-state index is 12.0. The number of nitrogens with one attached hydrogen (secondary N) is 2. The Hall–Kier alpha value is -1.60. The van der Waals surface area contributed by atoms with E-state index in [1.54, 1.807) is 31.0 Å². The standard InChI is InChI=1S/C17H31N5O2/c1-13-6-5-7-22(10-13)14(2)8-18-16(23)19-12-17(3,24)15-9-20-21(4)11-15/h9,11,13-14,24H,5-8,10,12H2,1-4H3,(H2,18,19,23). The average Bonchev–Trinajstić information content (AvgIpc) is 2.98. The first-order chi connectivity index (χ1) is 11.3. The third-order valence-electron chi connectivity index (χ3n) is 4.79. The third-order valence-corrected chi connectivity index (χ3v) is 4.79. The first kappa shape index (κ1) is 18.7. The molecule has 1 aromatic rings. The Labute approximate surface area is 144 Å². The number of amides is 2. The second kappa shape index (κ2) is 7.98. The van der Waals surface area contributed by atoms with Crippen LogP contribution < -0.4 is 10.6 Å². The van der Waals surface area contributed by atoms with E-state index in [1.807, 2.05) is 0 Å². The highest BCUT2D eigenvalue weighted by molar-refractivity contribution is 5.73. The number of urea groups is 1. The fourth-order valence-electron chi connectivity index (χ4n) is 3.11. The topological polar surface area (TPSA) is 82.4 Å². The van der Waals surface area contributed by atoms with E-state index in [9.17, 15) is 9.90 Å². The number of nitrogens with zero attached hydrogens (tertiary/aromatic N) is 3. The van der Waals surface area contributed by atoms with Crippen LogP contribution in [0, 0.1) is 5.92 Å². The number of carbonyl (C=O) groups excluding carboxylic acids is 1. The van der Waals surface area contributed by atoms with Gasteiger partial charge in [0.2, 0.25) is 0 Å². The maximum atomic E-state index is 12.0. The van der Waals surface area contributed by atoms with Gasteiger partial charge in [-0.2, -0.15) is 5.10 Å². The summed E-state index contributed by atoms with van der Waals surface area (Å²) in [6, 6.07) is 0.0633. The van der Waals surface area contributed by atoms with Crippen molar-refractivity contribution in [2.24, 2.45) is 13.0 Å².